The van der Waals surface area contributed by atoms with Gasteiger partial charge in [0.25, 0.3) is 0 Å². The average Bonchev–Trinajstić information content (AvgIpc) is 2.55. The van der Waals surface area contributed by atoms with Gasteiger partial charge in [-0.25, -0.2) is 4.79 Å². The summed E-state index contributed by atoms with van der Waals surface area (Å²) in [6, 6.07) is 1.66. The summed E-state index contributed by atoms with van der Waals surface area (Å²) in [5.41, 5.74) is 0.938. The molecule has 1 aromatic heterocycles. The lowest BCUT2D eigenvalue weighted by Crippen LogP contribution is -2.01. The van der Waals surface area contributed by atoms with Crippen LogP contribution in [0.1, 0.15) is 20.1 Å². The normalized spacial score (nSPS) is 10.5. The Hall–Kier alpha value is -0.910. The molecule has 0 amide bonds. The van der Waals surface area contributed by atoms with Gasteiger partial charge in [0.1, 0.15) is 4.88 Å². The molecule has 0 aliphatic rings. The van der Waals surface area contributed by atoms with Gasteiger partial charge in [0.15, 0.2) is 0 Å². The molecule has 1 rings (SSSR count). The summed E-state index contributed by atoms with van der Waals surface area (Å²) in [7, 11) is 1.61. The number of rotatable bonds is 6. The molecule has 1 aromatic rings. The van der Waals surface area contributed by atoms with Crippen molar-refractivity contribution in [1.29, 1.82) is 0 Å². The zero-order valence-electron chi connectivity index (χ0n) is 8.78. The minimum absolute atomic E-state index is 0.359. The maximum Gasteiger partial charge on any atom is 0.345 e. The van der Waals surface area contributed by atoms with E-state index in [0.29, 0.717) is 24.7 Å². The average molecular weight is 230 g/mol. The molecule has 15 heavy (non-hydrogen) atoms. The standard InChI is InChI=1S/C10H14O4S/c1-7-8(6-14-4-3-13-2)5-9(15-7)10(11)12/h5H,3-4,6H2,1-2H3,(H,11,12). The van der Waals surface area contributed by atoms with Crippen LogP contribution in [0.25, 0.3) is 0 Å². The molecule has 84 valence electrons. The molecule has 0 fully saturated rings. The number of thiophene rings is 1. The van der Waals surface area contributed by atoms with Crippen LogP contribution in [0.15, 0.2) is 6.07 Å². The summed E-state index contributed by atoms with van der Waals surface area (Å²) in [5.74, 6) is -0.883. The minimum Gasteiger partial charge on any atom is -0.477 e. The fraction of sp³-hybridized carbons (Fsp3) is 0.500. The van der Waals surface area contributed by atoms with E-state index in [1.54, 1.807) is 13.2 Å². The van der Waals surface area contributed by atoms with Crippen LogP contribution < -0.4 is 0 Å². The van der Waals surface area contributed by atoms with E-state index in [1.165, 1.54) is 11.3 Å². The molecular weight excluding hydrogens is 216 g/mol. The third-order valence-corrected chi connectivity index (χ3v) is 3.00. The van der Waals surface area contributed by atoms with E-state index in [4.69, 9.17) is 14.6 Å². The van der Waals surface area contributed by atoms with Crippen molar-refractivity contribution < 1.29 is 19.4 Å². The quantitative estimate of drug-likeness (QED) is 0.758. The van der Waals surface area contributed by atoms with Gasteiger partial charge in [-0.2, -0.15) is 0 Å². The number of carboxylic acid groups (broad SMARTS) is 1. The van der Waals surface area contributed by atoms with Gasteiger partial charge in [-0.1, -0.05) is 0 Å². The van der Waals surface area contributed by atoms with E-state index in [0.717, 1.165) is 10.4 Å². The number of aryl methyl sites for hydroxylation is 1. The number of carboxylic acids is 1. The molecule has 0 aliphatic carbocycles. The molecule has 0 aliphatic heterocycles. The molecule has 4 nitrogen and oxygen atoms in total. The first-order valence-corrected chi connectivity index (χ1v) is 5.36. The summed E-state index contributed by atoms with van der Waals surface area (Å²) in [6.07, 6.45) is 0. The topological polar surface area (TPSA) is 55.8 Å². The summed E-state index contributed by atoms with van der Waals surface area (Å²) in [4.78, 5) is 12.0. The lowest BCUT2D eigenvalue weighted by atomic mass is 10.2. The Labute approximate surface area is 92.4 Å². The second-order valence-electron chi connectivity index (χ2n) is 3.04. The van der Waals surface area contributed by atoms with E-state index in [-0.39, 0.29) is 0 Å². The minimum atomic E-state index is -0.883. The number of carbonyl (C=O) groups is 1. The molecule has 0 saturated carbocycles. The fourth-order valence-corrected chi connectivity index (χ4v) is 1.96. The van der Waals surface area contributed by atoms with Gasteiger partial charge in [-0.05, 0) is 18.6 Å². The number of aromatic carboxylic acids is 1. The molecule has 1 heterocycles. The second kappa shape index (κ2) is 5.85. The smallest absolute Gasteiger partial charge is 0.345 e. The van der Waals surface area contributed by atoms with Gasteiger partial charge in [0.05, 0.1) is 19.8 Å². The first kappa shape index (κ1) is 12.2. The zero-order chi connectivity index (χ0) is 11.3. The Kier molecular flexibility index (Phi) is 4.74. The predicted molar refractivity (Wildman–Crippen MR) is 57.5 cm³/mol. The molecule has 0 aromatic carbocycles. The predicted octanol–water partition coefficient (Wildman–Crippen LogP) is 1.92. The van der Waals surface area contributed by atoms with Crippen molar-refractivity contribution in [2.24, 2.45) is 0 Å². The summed E-state index contributed by atoms with van der Waals surface area (Å²) < 4.78 is 10.2. The summed E-state index contributed by atoms with van der Waals surface area (Å²) in [5, 5.41) is 8.78. The van der Waals surface area contributed by atoms with Crippen molar-refractivity contribution in [2.75, 3.05) is 20.3 Å². The van der Waals surface area contributed by atoms with Crippen molar-refractivity contribution in [3.8, 4) is 0 Å². The first-order valence-electron chi connectivity index (χ1n) is 4.54. The first-order chi connectivity index (χ1) is 7.15. The number of hydrogen-bond acceptors (Lipinski definition) is 4. The lowest BCUT2D eigenvalue weighted by molar-refractivity contribution is 0.0615. The van der Waals surface area contributed by atoms with Crippen molar-refractivity contribution >= 4 is 17.3 Å². The van der Waals surface area contributed by atoms with Crippen LogP contribution in [0.3, 0.4) is 0 Å². The van der Waals surface area contributed by atoms with Crippen LogP contribution in [-0.4, -0.2) is 31.4 Å². The maximum atomic E-state index is 10.7. The van der Waals surface area contributed by atoms with Crippen molar-refractivity contribution in [1.82, 2.24) is 0 Å². The third-order valence-electron chi connectivity index (χ3n) is 1.92. The Balaban J connectivity index is 2.50. The SMILES string of the molecule is COCCOCc1cc(C(=O)O)sc1C. The van der Waals surface area contributed by atoms with Crippen LogP contribution >= 0.6 is 11.3 Å². The number of hydrogen-bond donors (Lipinski definition) is 1. The highest BCUT2D eigenvalue weighted by Gasteiger charge is 2.10. The molecule has 0 saturated heterocycles. The Bertz CT molecular complexity index is 332. The monoisotopic (exact) mass is 230 g/mol. The van der Waals surface area contributed by atoms with Crippen molar-refractivity contribution in [3.63, 3.8) is 0 Å². The van der Waals surface area contributed by atoms with Crippen LogP contribution in [0.5, 0.6) is 0 Å². The van der Waals surface area contributed by atoms with Gasteiger partial charge >= 0.3 is 5.97 Å². The van der Waals surface area contributed by atoms with Gasteiger partial charge in [-0.15, -0.1) is 11.3 Å². The highest BCUT2D eigenvalue weighted by molar-refractivity contribution is 7.14. The Morgan fingerprint density at radius 1 is 1.53 bits per heavy atom. The molecule has 0 unspecified atom stereocenters. The van der Waals surface area contributed by atoms with Crippen LogP contribution in [-0.2, 0) is 16.1 Å². The molecule has 0 atom stereocenters. The van der Waals surface area contributed by atoms with Gasteiger partial charge in [0.2, 0.25) is 0 Å². The van der Waals surface area contributed by atoms with Gasteiger partial charge < -0.3 is 14.6 Å². The van der Waals surface area contributed by atoms with Crippen molar-refractivity contribution in [3.05, 3.63) is 21.4 Å². The van der Waals surface area contributed by atoms with E-state index in [1.807, 2.05) is 6.92 Å². The molecule has 1 N–H and O–H groups in total. The Morgan fingerprint density at radius 3 is 2.80 bits per heavy atom. The highest BCUT2D eigenvalue weighted by Crippen LogP contribution is 2.22. The third kappa shape index (κ3) is 3.62. The fourth-order valence-electron chi connectivity index (χ4n) is 1.09. The number of methoxy groups -OCH3 is 1. The summed E-state index contributed by atoms with van der Waals surface area (Å²) in [6.45, 7) is 3.41. The molecule has 5 heteroatoms. The number of ether oxygens (including phenoxy) is 2. The van der Waals surface area contributed by atoms with E-state index >= 15 is 0 Å². The van der Waals surface area contributed by atoms with Crippen molar-refractivity contribution in [2.45, 2.75) is 13.5 Å². The zero-order valence-corrected chi connectivity index (χ0v) is 9.60. The van der Waals surface area contributed by atoms with Gasteiger partial charge in [-0.3, -0.25) is 0 Å². The maximum absolute atomic E-state index is 10.7. The largest absolute Gasteiger partial charge is 0.477 e. The van der Waals surface area contributed by atoms with Crippen LogP contribution in [0, 0.1) is 6.92 Å². The summed E-state index contributed by atoms with van der Waals surface area (Å²) >= 11 is 1.28. The molecule has 0 bridgehead atoms. The Morgan fingerprint density at radius 2 is 2.27 bits per heavy atom. The van der Waals surface area contributed by atoms with E-state index < -0.39 is 5.97 Å². The van der Waals surface area contributed by atoms with Gasteiger partial charge in [0, 0.05) is 12.0 Å². The second-order valence-corrected chi connectivity index (χ2v) is 4.30. The molecule has 0 radical (unpaired) electrons. The van der Waals surface area contributed by atoms with Crippen LogP contribution in [0.4, 0.5) is 0 Å². The molecular formula is C10H14O4S. The lowest BCUT2D eigenvalue weighted by Gasteiger charge is -2.02. The highest BCUT2D eigenvalue weighted by atomic mass is 32.1. The van der Waals surface area contributed by atoms with E-state index in [9.17, 15) is 4.79 Å². The van der Waals surface area contributed by atoms with Crippen LogP contribution in [0.2, 0.25) is 0 Å². The molecule has 0 spiro atoms. The van der Waals surface area contributed by atoms with E-state index in [2.05, 4.69) is 0 Å².